The van der Waals surface area contributed by atoms with E-state index in [1.165, 1.54) is 11.1 Å². The number of anilines is 2. The number of piperazine rings is 1. The molecule has 0 spiro atoms. The maximum Gasteiger partial charge on any atom is 0.321 e. The molecule has 1 fully saturated rings. The Balaban J connectivity index is 1.49. The van der Waals surface area contributed by atoms with Crippen molar-refractivity contribution in [2.75, 3.05) is 36.4 Å². The van der Waals surface area contributed by atoms with E-state index in [4.69, 9.17) is 9.97 Å². The number of para-hydroxylation sites is 1. The molecule has 6 nitrogen and oxygen atoms in total. The molecule has 0 unspecified atom stereocenters. The molecule has 1 aliphatic rings. The van der Waals surface area contributed by atoms with Crippen molar-refractivity contribution >= 4 is 17.5 Å². The molecule has 2 heterocycles. The predicted molar refractivity (Wildman–Crippen MR) is 134 cm³/mol. The lowest BCUT2D eigenvalue weighted by Gasteiger charge is -2.36. The monoisotopic (exact) mass is 443 g/mol. The Hall–Kier alpha value is -3.41. The highest BCUT2D eigenvalue weighted by atomic mass is 16.2. The van der Waals surface area contributed by atoms with Crippen molar-refractivity contribution in [3.05, 3.63) is 82.8 Å². The van der Waals surface area contributed by atoms with Crippen LogP contribution in [0.2, 0.25) is 0 Å². The average molecular weight is 444 g/mol. The number of carbonyl (C=O) groups excluding carboxylic acids is 1. The molecule has 0 radical (unpaired) electrons. The summed E-state index contributed by atoms with van der Waals surface area (Å²) < 4.78 is 0. The standard InChI is InChI=1S/C27H33N5O/c1-4-22-13-9-10-14-25(22)30-27(33)32-17-15-31(16-18-32)26-23(19-21-11-7-6-8-12-21)24(5-2)28-20(3)29-26/h6-14H,4-5,15-19H2,1-3H3,(H,30,33). The second kappa shape index (κ2) is 10.5. The molecule has 0 saturated carbocycles. The number of carbonyl (C=O) groups is 1. The van der Waals surface area contributed by atoms with E-state index >= 15 is 0 Å². The Kier molecular flexibility index (Phi) is 7.23. The minimum Gasteiger partial charge on any atom is -0.353 e. The summed E-state index contributed by atoms with van der Waals surface area (Å²) in [5.41, 5.74) is 5.62. The van der Waals surface area contributed by atoms with Gasteiger partial charge in [0, 0.05) is 49.5 Å². The molecule has 2 amide bonds. The summed E-state index contributed by atoms with van der Waals surface area (Å²) >= 11 is 0. The van der Waals surface area contributed by atoms with Crippen molar-refractivity contribution in [1.29, 1.82) is 0 Å². The first-order valence-electron chi connectivity index (χ1n) is 11.9. The van der Waals surface area contributed by atoms with Crippen LogP contribution in [0.1, 0.15) is 42.1 Å². The lowest BCUT2D eigenvalue weighted by molar-refractivity contribution is 0.208. The van der Waals surface area contributed by atoms with Crippen molar-refractivity contribution in [2.24, 2.45) is 0 Å². The molecule has 6 heteroatoms. The molecule has 33 heavy (non-hydrogen) atoms. The number of amides is 2. The van der Waals surface area contributed by atoms with Gasteiger partial charge in [0.25, 0.3) is 0 Å². The van der Waals surface area contributed by atoms with Crippen LogP contribution in [-0.2, 0) is 19.3 Å². The summed E-state index contributed by atoms with van der Waals surface area (Å²) in [6, 6.07) is 18.5. The lowest BCUT2D eigenvalue weighted by Crippen LogP contribution is -2.50. The Morgan fingerprint density at radius 1 is 0.909 bits per heavy atom. The van der Waals surface area contributed by atoms with Crippen LogP contribution in [0.15, 0.2) is 54.6 Å². The molecule has 1 N–H and O–H groups in total. The summed E-state index contributed by atoms with van der Waals surface area (Å²) in [5.74, 6) is 1.81. The van der Waals surface area contributed by atoms with Gasteiger partial charge in [-0.05, 0) is 37.0 Å². The molecule has 172 valence electrons. The fourth-order valence-electron chi connectivity index (χ4n) is 4.44. The van der Waals surface area contributed by atoms with Gasteiger partial charge in [0.1, 0.15) is 11.6 Å². The third-order valence-corrected chi connectivity index (χ3v) is 6.25. The van der Waals surface area contributed by atoms with Crippen LogP contribution in [0.5, 0.6) is 0 Å². The van der Waals surface area contributed by atoms with Crippen LogP contribution in [0.25, 0.3) is 0 Å². The van der Waals surface area contributed by atoms with E-state index in [1.54, 1.807) is 0 Å². The molecule has 3 aromatic rings. The zero-order valence-corrected chi connectivity index (χ0v) is 19.8. The first-order valence-corrected chi connectivity index (χ1v) is 11.9. The van der Waals surface area contributed by atoms with Crippen LogP contribution in [0.3, 0.4) is 0 Å². The molecular weight excluding hydrogens is 410 g/mol. The van der Waals surface area contributed by atoms with Gasteiger partial charge in [-0.2, -0.15) is 0 Å². The zero-order valence-electron chi connectivity index (χ0n) is 19.8. The first kappa shape index (κ1) is 22.8. The topological polar surface area (TPSA) is 61.4 Å². The largest absolute Gasteiger partial charge is 0.353 e. The second-order valence-electron chi connectivity index (χ2n) is 8.45. The second-order valence-corrected chi connectivity index (χ2v) is 8.45. The highest BCUT2D eigenvalue weighted by molar-refractivity contribution is 5.90. The number of rotatable bonds is 6. The van der Waals surface area contributed by atoms with Gasteiger partial charge in [0.2, 0.25) is 0 Å². The van der Waals surface area contributed by atoms with Crippen LogP contribution in [-0.4, -0.2) is 47.1 Å². The number of hydrogen-bond donors (Lipinski definition) is 1. The Bertz CT molecular complexity index is 1090. The van der Waals surface area contributed by atoms with Crippen LogP contribution in [0.4, 0.5) is 16.3 Å². The first-order chi connectivity index (χ1) is 16.1. The Labute approximate surface area is 196 Å². The average Bonchev–Trinajstić information content (AvgIpc) is 2.86. The number of nitrogens with one attached hydrogen (secondary N) is 1. The van der Waals surface area contributed by atoms with E-state index in [1.807, 2.05) is 36.1 Å². The normalized spacial score (nSPS) is 13.8. The predicted octanol–water partition coefficient (Wildman–Crippen LogP) is 4.85. The third kappa shape index (κ3) is 5.33. The molecule has 2 aromatic carbocycles. The third-order valence-electron chi connectivity index (χ3n) is 6.25. The fourth-order valence-corrected chi connectivity index (χ4v) is 4.44. The Morgan fingerprint density at radius 2 is 1.61 bits per heavy atom. The van der Waals surface area contributed by atoms with Crippen LogP contribution >= 0.6 is 0 Å². The maximum absolute atomic E-state index is 12.9. The number of aryl methyl sites for hydroxylation is 3. The van der Waals surface area contributed by atoms with Crippen molar-refractivity contribution < 1.29 is 4.79 Å². The van der Waals surface area contributed by atoms with E-state index in [0.29, 0.717) is 13.1 Å². The zero-order chi connectivity index (χ0) is 23.2. The molecule has 1 saturated heterocycles. The van der Waals surface area contributed by atoms with E-state index in [0.717, 1.165) is 60.9 Å². The molecule has 1 aliphatic heterocycles. The van der Waals surface area contributed by atoms with Gasteiger partial charge in [-0.15, -0.1) is 0 Å². The molecule has 0 aliphatic carbocycles. The van der Waals surface area contributed by atoms with Gasteiger partial charge < -0.3 is 15.1 Å². The maximum atomic E-state index is 12.9. The van der Waals surface area contributed by atoms with Crippen molar-refractivity contribution in [1.82, 2.24) is 14.9 Å². The molecule has 0 atom stereocenters. The van der Waals surface area contributed by atoms with Gasteiger partial charge in [0.05, 0.1) is 0 Å². The SMILES string of the molecule is CCc1ccccc1NC(=O)N1CCN(c2nc(C)nc(CC)c2Cc2ccccc2)CC1. The van der Waals surface area contributed by atoms with Gasteiger partial charge in [-0.1, -0.05) is 62.4 Å². The number of nitrogens with zero attached hydrogens (tertiary/aromatic N) is 4. The molecule has 1 aromatic heterocycles. The Morgan fingerprint density at radius 3 is 2.30 bits per heavy atom. The van der Waals surface area contributed by atoms with Crippen molar-refractivity contribution in [3.63, 3.8) is 0 Å². The minimum atomic E-state index is -0.0341. The summed E-state index contributed by atoms with van der Waals surface area (Å²) in [5, 5.41) is 3.10. The van der Waals surface area contributed by atoms with Crippen LogP contribution < -0.4 is 10.2 Å². The fraction of sp³-hybridized carbons (Fsp3) is 0.370. The molecule has 4 rings (SSSR count). The number of benzene rings is 2. The highest BCUT2D eigenvalue weighted by Crippen LogP contribution is 2.26. The van der Waals surface area contributed by atoms with E-state index in [9.17, 15) is 4.79 Å². The van der Waals surface area contributed by atoms with Gasteiger partial charge >= 0.3 is 6.03 Å². The van der Waals surface area contributed by atoms with Gasteiger partial charge in [0.15, 0.2) is 0 Å². The molecular formula is C27H33N5O. The van der Waals surface area contributed by atoms with E-state index in [-0.39, 0.29) is 6.03 Å². The number of hydrogen-bond acceptors (Lipinski definition) is 4. The smallest absolute Gasteiger partial charge is 0.321 e. The molecule has 0 bridgehead atoms. The summed E-state index contributed by atoms with van der Waals surface area (Å²) in [4.78, 5) is 26.7. The number of urea groups is 1. The summed E-state index contributed by atoms with van der Waals surface area (Å²) in [7, 11) is 0. The van der Waals surface area contributed by atoms with E-state index < -0.39 is 0 Å². The van der Waals surface area contributed by atoms with Gasteiger partial charge in [-0.3, -0.25) is 0 Å². The quantitative estimate of drug-likeness (QED) is 0.591. The number of aromatic nitrogens is 2. The highest BCUT2D eigenvalue weighted by Gasteiger charge is 2.25. The van der Waals surface area contributed by atoms with Gasteiger partial charge in [-0.25, -0.2) is 14.8 Å². The minimum absolute atomic E-state index is 0.0341. The van der Waals surface area contributed by atoms with Crippen molar-refractivity contribution in [3.8, 4) is 0 Å². The summed E-state index contributed by atoms with van der Waals surface area (Å²) in [6.07, 6.45) is 2.58. The summed E-state index contributed by atoms with van der Waals surface area (Å²) in [6.45, 7) is 9.05. The van der Waals surface area contributed by atoms with E-state index in [2.05, 4.69) is 54.4 Å². The van der Waals surface area contributed by atoms with Crippen molar-refractivity contribution in [2.45, 2.75) is 40.0 Å². The lowest BCUT2D eigenvalue weighted by atomic mass is 10.0. The van der Waals surface area contributed by atoms with Crippen LogP contribution in [0, 0.1) is 6.92 Å².